The van der Waals surface area contributed by atoms with Gasteiger partial charge in [-0.15, -0.1) is 0 Å². The average Bonchev–Trinajstić information content (AvgIpc) is 3.21. The number of aromatic nitrogens is 3. The summed E-state index contributed by atoms with van der Waals surface area (Å²) in [5.74, 6) is -0.941. The molecule has 3 aromatic rings. The van der Waals surface area contributed by atoms with Gasteiger partial charge in [-0.2, -0.15) is 13.2 Å². The number of hydrogen-bond donors (Lipinski definition) is 2. The summed E-state index contributed by atoms with van der Waals surface area (Å²) in [7, 11) is 0. The molecule has 7 nitrogen and oxygen atoms in total. The SMILES string of the molecule is O=C(Nc1ccccc1C(=O)NCC(F)(F)F)c1ccc(-n2ccnc2)nc1. The maximum atomic E-state index is 12.4. The van der Waals surface area contributed by atoms with Crippen LogP contribution < -0.4 is 10.6 Å². The molecule has 0 aliphatic heterocycles. The number of amides is 2. The third-order valence-electron chi connectivity index (χ3n) is 3.65. The Kier molecular flexibility index (Phi) is 5.39. The van der Waals surface area contributed by atoms with E-state index in [2.05, 4.69) is 15.3 Å². The van der Waals surface area contributed by atoms with Crippen LogP contribution in [0.4, 0.5) is 18.9 Å². The Morgan fingerprint density at radius 1 is 1.07 bits per heavy atom. The summed E-state index contributed by atoms with van der Waals surface area (Å²) in [5.41, 5.74) is 0.225. The molecular formula is C18H14F3N5O2. The van der Waals surface area contributed by atoms with Gasteiger partial charge >= 0.3 is 6.18 Å². The van der Waals surface area contributed by atoms with Gasteiger partial charge in [-0.25, -0.2) is 9.97 Å². The molecule has 2 aromatic heterocycles. The molecule has 0 saturated heterocycles. The minimum absolute atomic E-state index is 0.0805. The van der Waals surface area contributed by atoms with Crippen LogP contribution in [0.1, 0.15) is 20.7 Å². The first kappa shape index (κ1) is 19.1. The highest BCUT2D eigenvalue weighted by atomic mass is 19.4. The summed E-state index contributed by atoms with van der Waals surface area (Å²) >= 11 is 0. The first-order valence-corrected chi connectivity index (χ1v) is 8.03. The maximum Gasteiger partial charge on any atom is 0.405 e. The first-order valence-electron chi connectivity index (χ1n) is 8.03. The number of rotatable bonds is 5. The Hall–Kier alpha value is -3.69. The van der Waals surface area contributed by atoms with Crippen molar-refractivity contribution in [3.63, 3.8) is 0 Å². The monoisotopic (exact) mass is 389 g/mol. The van der Waals surface area contributed by atoms with Crippen molar-refractivity contribution in [3.8, 4) is 5.82 Å². The van der Waals surface area contributed by atoms with Crippen LogP contribution >= 0.6 is 0 Å². The van der Waals surface area contributed by atoms with Gasteiger partial charge in [0.05, 0.1) is 16.8 Å². The fourth-order valence-corrected chi connectivity index (χ4v) is 2.33. The number of nitrogens with zero attached hydrogens (tertiary/aromatic N) is 3. The largest absolute Gasteiger partial charge is 0.405 e. The molecule has 3 rings (SSSR count). The number of halogens is 3. The van der Waals surface area contributed by atoms with Crippen molar-refractivity contribution in [2.75, 3.05) is 11.9 Å². The molecular weight excluding hydrogens is 375 g/mol. The molecule has 0 bridgehead atoms. The number of carbonyl (C=O) groups is 2. The van der Waals surface area contributed by atoms with E-state index < -0.39 is 24.5 Å². The molecule has 2 N–H and O–H groups in total. The number of benzene rings is 1. The zero-order valence-corrected chi connectivity index (χ0v) is 14.3. The molecule has 0 unspecified atom stereocenters. The minimum Gasteiger partial charge on any atom is -0.343 e. The molecule has 2 heterocycles. The van der Waals surface area contributed by atoms with Crippen molar-refractivity contribution < 1.29 is 22.8 Å². The van der Waals surface area contributed by atoms with E-state index >= 15 is 0 Å². The van der Waals surface area contributed by atoms with Crippen molar-refractivity contribution in [2.24, 2.45) is 0 Å². The Balaban J connectivity index is 1.73. The Morgan fingerprint density at radius 2 is 1.86 bits per heavy atom. The van der Waals surface area contributed by atoms with Crippen LogP contribution in [-0.4, -0.2) is 39.1 Å². The molecule has 0 fully saturated rings. The molecule has 10 heteroatoms. The lowest BCUT2D eigenvalue weighted by atomic mass is 10.1. The van der Waals surface area contributed by atoms with Crippen LogP contribution in [0.2, 0.25) is 0 Å². The van der Waals surface area contributed by atoms with Crippen LogP contribution in [-0.2, 0) is 0 Å². The molecule has 0 aliphatic carbocycles. The zero-order valence-electron chi connectivity index (χ0n) is 14.3. The van der Waals surface area contributed by atoms with Gasteiger partial charge in [0.2, 0.25) is 0 Å². The molecule has 0 spiro atoms. The Morgan fingerprint density at radius 3 is 2.50 bits per heavy atom. The summed E-state index contributed by atoms with van der Waals surface area (Å²) < 4.78 is 38.6. The predicted molar refractivity (Wildman–Crippen MR) is 94.1 cm³/mol. The van der Waals surface area contributed by atoms with Crippen LogP contribution in [0.3, 0.4) is 0 Å². The van der Waals surface area contributed by atoms with Crippen LogP contribution in [0.5, 0.6) is 0 Å². The van der Waals surface area contributed by atoms with Crippen molar-refractivity contribution >= 4 is 17.5 Å². The summed E-state index contributed by atoms with van der Waals surface area (Å²) in [4.78, 5) is 32.5. The maximum absolute atomic E-state index is 12.4. The highest BCUT2D eigenvalue weighted by Gasteiger charge is 2.28. The molecule has 144 valence electrons. The van der Waals surface area contributed by atoms with E-state index in [1.165, 1.54) is 30.5 Å². The van der Waals surface area contributed by atoms with Gasteiger partial charge < -0.3 is 10.6 Å². The third-order valence-corrected chi connectivity index (χ3v) is 3.65. The molecule has 0 aliphatic rings. The highest BCUT2D eigenvalue weighted by Crippen LogP contribution is 2.18. The second-order valence-electron chi connectivity index (χ2n) is 5.67. The lowest BCUT2D eigenvalue weighted by molar-refractivity contribution is -0.123. The molecule has 0 atom stereocenters. The van der Waals surface area contributed by atoms with E-state index in [1.807, 2.05) is 0 Å². The minimum atomic E-state index is -4.53. The van der Waals surface area contributed by atoms with Crippen molar-refractivity contribution in [1.82, 2.24) is 19.9 Å². The average molecular weight is 389 g/mol. The number of pyridine rings is 1. The highest BCUT2D eigenvalue weighted by molar-refractivity contribution is 6.08. The summed E-state index contributed by atoms with van der Waals surface area (Å²) in [5, 5.41) is 4.30. The Labute approximate surface area is 157 Å². The summed E-state index contributed by atoms with van der Waals surface area (Å²) in [6, 6.07) is 8.92. The number of anilines is 1. The standard InChI is InChI=1S/C18H14F3N5O2/c19-18(20,21)10-24-17(28)13-3-1-2-4-14(13)25-16(27)12-5-6-15(23-9-12)26-8-7-22-11-26/h1-9,11H,10H2,(H,24,28)(H,25,27). The zero-order chi connectivity index (χ0) is 20.1. The second kappa shape index (κ2) is 7.91. The van der Waals surface area contributed by atoms with E-state index in [4.69, 9.17) is 0 Å². The van der Waals surface area contributed by atoms with Gasteiger partial charge in [0.1, 0.15) is 18.7 Å². The van der Waals surface area contributed by atoms with Crippen LogP contribution in [0.25, 0.3) is 5.82 Å². The van der Waals surface area contributed by atoms with Crippen LogP contribution in [0.15, 0.2) is 61.3 Å². The number of imidazole rings is 1. The number of carbonyl (C=O) groups excluding carboxylic acids is 2. The van der Waals surface area contributed by atoms with Gasteiger partial charge in [0.25, 0.3) is 11.8 Å². The lowest BCUT2D eigenvalue weighted by Crippen LogP contribution is -2.34. The summed E-state index contributed by atoms with van der Waals surface area (Å²) in [6.07, 6.45) is 1.65. The van der Waals surface area contributed by atoms with E-state index in [0.29, 0.717) is 5.82 Å². The number of nitrogens with one attached hydrogen (secondary N) is 2. The van der Waals surface area contributed by atoms with Gasteiger partial charge in [0.15, 0.2) is 0 Å². The third kappa shape index (κ3) is 4.72. The fraction of sp³-hybridized carbons (Fsp3) is 0.111. The lowest BCUT2D eigenvalue weighted by Gasteiger charge is -2.12. The quantitative estimate of drug-likeness (QED) is 0.702. The smallest absolute Gasteiger partial charge is 0.343 e. The van der Waals surface area contributed by atoms with E-state index in [-0.39, 0.29) is 16.8 Å². The van der Waals surface area contributed by atoms with Crippen molar-refractivity contribution in [3.05, 3.63) is 72.4 Å². The molecule has 0 radical (unpaired) electrons. The van der Waals surface area contributed by atoms with Crippen molar-refractivity contribution in [2.45, 2.75) is 6.18 Å². The second-order valence-corrected chi connectivity index (χ2v) is 5.67. The van der Waals surface area contributed by atoms with Gasteiger partial charge in [0, 0.05) is 18.6 Å². The number of alkyl halides is 3. The van der Waals surface area contributed by atoms with E-state index in [9.17, 15) is 22.8 Å². The number of hydrogen-bond acceptors (Lipinski definition) is 4. The molecule has 2 amide bonds. The van der Waals surface area contributed by atoms with E-state index in [0.717, 1.165) is 0 Å². The predicted octanol–water partition coefficient (Wildman–Crippen LogP) is 2.81. The van der Waals surface area contributed by atoms with Crippen molar-refractivity contribution in [1.29, 1.82) is 0 Å². The first-order chi connectivity index (χ1) is 13.3. The van der Waals surface area contributed by atoms with Gasteiger partial charge in [-0.05, 0) is 24.3 Å². The number of para-hydroxylation sites is 1. The van der Waals surface area contributed by atoms with Gasteiger partial charge in [-0.3, -0.25) is 14.2 Å². The van der Waals surface area contributed by atoms with E-state index in [1.54, 1.807) is 40.7 Å². The summed E-state index contributed by atoms with van der Waals surface area (Å²) in [6.45, 7) is -1.46. The normalized spacial score (nSPS) is 11.1. The molecule has 28 heavy (non-hydrogen) atoms. The van der Waals surface area contributed by atoms with Gasteiger partial charge in [-0.1, -0.05) is 12.1 Å². The molecule has 1 aromatic carbocycles. The Bertz CT molecular complexity index is 970. The van der Waals surface area contributed by atoms with Crippen LogP contribution in [0, 0.1) is 0 Å². The fourth-order valence-electron chi connectivity index (χ4n) is 2.33. The topological polar surface area (TPSA) is 88.9 Å². The molecule has 0 saturated carbocycles.